The number of halogens is 2. The second-order valence-corrected chi connectivity index (χ2v) is 3.81. The van der Waals surface area contributed by atoms with Crippen LogP contribution < -0.4 is 11.1 Å². The van der Waals surface area contributed by atoms with Crippen molar-refractivity contribution >= 4 is 15.9 Å². The molecular formula is C10H13BrFN3. The average Bonchev–Trinajstić information content (AvgIpc) is 2.23. The molecule has 0 aliphatic carbocycles. The molecule has 0 saturated carbocycles. The first-order chi connectivity index (χ1) is 7.13. The van der Waals surface area contributed by atoms with Crippen LogP contribution in [0.4, 0.5) is 4.39 Å². The van der Waals surface area contributed by atoms with E-state index in [4.69, 9.17) is 5.73 Å². The Morgan fingerprint density at radius 3 is 3.13 bits per heavy atom. The predicted molar refractivity (Wildman–Crippen MR) is 61.3 cm³/mol. The minimum absolute atomic E-state index is 0.345. The average molecular weight is 274 g/mol. The van der Waals surface area contributed by atoms with E-state index in [1.54, 1.807) is 6.20 Å². The quantitative estimate of drug-likeness (QED) is 0.828. The van der Waals surface area contributed by atoms with Crippen LogP contribution in [0, 0.1) is 5.82 Å². The molecule has 0 aliphatic heterocycles. The van der Waals surface area contributed by atoms with Crippen molar-refractivity contribution in [2.75, 3.05) is 0 Å². The second-order valence-electron chi connectivity index (χ2n) is 3.06. The van der Waals surface area contributed by atoms with E-state index in [0.29, 0.717) is 11.1 Å². The molecule has 0 fully saturated rings. The first-order valence-electron chi connectivity index (χ1n) is 4.61. The van der Waals surface area contributed by atoms with Gasteiger partial charge in [0.2, 0.25) is 0 Å². The number of hydrogen-bond acceptors (Lipinski definition) is 3. The van der Waals surface area contributed by atoms with Crippen LogP contribution in [0.5, 0.6) is 0 Å². The lowest BCUT2D eigenvalue weighted by Crippen LogP contribution is -2.10. The standard InChI is InChI=1S/C10H13BrFN3/c1-2-9(13)6-14-4-7-3-8(12)5-15-10(7)11/h3,5-6,14H,2,4,13H2,1H3/b9-6-. The normalized spacial score (nSPS) is 11.5. The lowest BCUT2D eigenvalue weighted by atomic mass is 10.3. The minimum atomic E-state index is -0.345. The number of nitrogens with two attached hydrogens (primary N) is 1. The molecule has 0 bridgehead atoms. The van der Waals surface area contributed by atoms with E-state index < -0.39 is 0 Å². The topological polar surface area (TPSA) is 50.9 Å². The molecule has 3 N–H and O–H groups in total. The van der Waals surface area contributed by atoms with E-state index in [1.165, 1.54) is 12.3 Å². The molecule has 1 heterocycles. The molecule has 0 aromatic carbocycles. The molecular weight excluding hydrogens is 261 g/mol. The zero-order valence-electron chi connectivity index (χ0n) is 8.43. The van der Waals surface area contributed by atoms with Crippen LogP contribution in [-0.4, -0.2) is 4.98 Å². The molecule has 0 atom stereocenters. The summed E-state index contributed by atoms with van der Waals surface area (Å²) in [5.41, 5.74) is 7.12. The molecule has 15 heavy (non-hydrogen) atoms. The summed E-state index contributed by atoms with van der Waals surface area (Å²) in [6, 6.07) is 1.43. The van der Waals surface area contributed by atoms with Gasteiger partial charge in [0.15, 0.2) is 0 Å². The molecule has 0 spiro atoms. The summed E-state index contributed by atoms with van der Waals surface area (Å²) in [6.07, 6.45) is 3.68. The van der Waals surface area contributed by atoms with Crippen LogP contribution in [0.15, 0.2) is 28.8 Å². The fourth-order valence-electron chi connectivity index (χ4n) is 0.983. The maximum absolute atomic E-state index is 12.8. The Bertz CT molecular complexity index is 366. The summed E-state index contributed by atoms with van der Waals surface area (Å²) in [7, 11) is 0. The van der Waals surface area contributed by atoms with E-state index >= 15 is 0 Å². The van der Waals surface area contributed by atoms with Gasteiger partial charge in [-0.15, -0.1) is 0 Å². The lowest BCUT2D eigenvalue weighted by Gasteiger charge is -2.04. The Labute approximate surface area is 96.7 Å². The molecule has 0 unspecified atom stereocenters. The maximum atomic E-state index is 12.8. The molecule has 3 nitrogen and oxygen atoms in total. The van der Waals surface area contributed by atoms with Gasteiger partial charge in [0.05, 0.1) is 6.20 Å². The third-order valence-electron chi connectivity index (χ3n) is 1.87. The summed E-state index contributed by atoms with van der Waals surface area (Å²) in [6.45, 7) is 2.46. The number of nitrogens with zero attached hydrogens (tertiary/aromatic N) is 1. The van der Waals surface area contributed by atoms with Crippen molar-refractivity contribution in [3.63, 3.8) is 0 Å². The van der Waals surface area contributed by atoms with Crippen molar-refractivity contribution in [1.82, 2.24) is 10.3 Å². The van der Waals surface area contributed by atoms with Gasteiger partial charge in [0.1, 0.15) is 10.4 Å². The molecule has 5 heteroatoms. The number of rotatable bonds is 4. The molecule has 1 aromatic rings. The summed E-state index contributed by atoms with van der Waals surface area (Å²) in [5.74, 6) is -0.345. The molecule has 1 aromatic heterocycles. The number of aromatic nitrogens is 1. The van der Waals surface area contributed by atoms with Gasteiger partial charge >= 0.3 is 0 Å². The SMILES string of the molecule is CC/C(N)=C/NCc1cc(F)cnc1Br. The van der Waals surface area contributed by atoms with Gasteiger partial charge in [0, 0.05) is 24.0 Å². The predicted octanol–water partition coefficient (Wildman–Crippen LogP) is 2.28. The molecule has 0 amide bonds. The fraction of sp³-hybridized carbons (Fsp3) is 0.300. The van der Waals surface area contributed by atoms with E-state index in [9.17, 15) is 4.39 Å². The van der Waals surface area contributed by atoms with E-state index in [0.717, 1.165) is 17.7 Å². The molecule has 0 aliphatic rings. The molecule has 82 valence electrons. The highest BCUT2D eigenvalue weighted by molar-refractivity contribution is 9.10. The van der Waals surface area contributed by atoms with Crippen molar-refractivity contribution in [3.8, 4) is 0 Å². The minimum Gasteiger partial charge on any atom is -0.401 e. The summed E-state index contributed by atoms with van der Waals surface area (Å²) >= 11 is 3.25. The Hall–Kier alpha value is -1.10. The Morgan fingerprint density at radius 2 is 2.47 bits per heavy atom. The number of allylic oxidation sites excluding steroid dienone is 1. The first-order valence-corrected chi connectivity index (χ1v) is 5.40. The highest BCUT2D eigenvalue weighted by atomic mass is 79.9. The number of nitrogens with one attached hydrogen (secondary N) is 1. The Morgan fingerprint density at radius 1 is 1.73 bits per heavy atom. The second kappa shape index (κ2) is 5.70. The van der Waals surface area contributed by atoms with Gasteiger partial charge in [-0.2, -0.15) is 0 Å². The van der Waals surface area contributed by atoms with Crippen molar-refractivity contribution in [2.45, 2.75) is 19.9 Å². The zero-order chi connectivity index (χ0) is 11.3. The Balaban J connectivity index is 2.61. The Kier molecular flexibility index (Phi) is 4.55. The van der Waals surface area contributed by atoms with Gasteiger partial charge in [0.25, 0.3) is 0 Å². The molecule has 0 saturated heterocycles. The van der Waals surface area contributed by atoms with Crippen LogP contribution >= 0.6 is 15.9 Å². The third kappa shape index (κ3) is 3.87. The smallest absolute Gasteiger partial charge is 0.141 e. The monoisotopic (exact) mass is 273 g/mol. The first kappa shape index (κ1) is 12.0. The van der Waals surface area contributed by atoms with Crippen LogP contribution in [0.1, 0.15) is 18.9 Å². The van der Waals surface area contributed by atoms with Gasteiger partial charge < -0.3 is 11.1 Å². The maximum Gasteiger partial charge on any atom is 0.141 e. The number of hydrogen-bond donors (Lipinski definition) is 2. The van der Waals surface area contributed by atoms with Crippen LogP contribution in [0.2, 0.25) is 0 Å². The largest absolute Gasteiger partial charge is 0.401 e. The van der Waals surface area contributed by atoms with E-state index in [1.807, 2.05) is 6.92 Å². The van der Waals surface area contributed by atoms with E-state index in [2.05, 4.69) is 26.2 Å². The molecule has 0 radical (unpaired) electrons. The van der Waals surface area contributed by atoms with Crippen molar-refractivity contribution in [3.05, 3.63) is 40.1 Å². The summed E-state index contributed by atoms with van der Waals surface area (Å²) < 4.78 is 13.5. The zero-order valence-corrected chi connectivity index (χ0v) is 10.0. The van der Waals surface area contributed by atoms with Crippen molar-refractivity contribution < 1.29 is 4.39 Å². The summed E-state index contributed by atoms with van der Waals surface area (Å²) in [5, 5.41) is 3.00. The van der Waals surface area contributed by atoms with Gasteiger partial charge in [-0.1, -0.05) is 6.92 Å². The van der Waals surface area contributed by atoms with Gasteiger partial charge in [-0.3, -0.25) is 0 Å². The van der Waals surface area contributed by atoms with Gasteiger partial charge in [-0.05, 0) is 28.4 Å². The number of pyridine rings is 1. The third-order valence-corrected chi connectivity index (χ3v) is 2.58. The van der Waals surface area contributed by atoms with Crippen LogP contribution in [0.25, 0.3) is 0 Å². The van der Waals surface area contributed by atoms with Gasteiger partial charge in [-0.25, -0.2) is 9.37 Å². The highest BCUT2D eigenvalue weighted by Gasteiger charge is 2.01. The van der Waals surface area contributed by atoms with Crippen LogP contribution in [0.3, 0.4) is 0 Å². The van der Waals surface area contributed by atoms with Crippen LogP contribution in [-0.2, 0) is 6.54 Å². The van der Waals surface area contributed by atoms with E-state index in [-0.39, 0.29) is 5.82 Å². The fourth-order valence-corrected chi connectivity index (χ4v) is 1.34. The molecule has 1 rings (SSSR count). The summed E-state index contributed by atoms with van der Waals surface area (Å²) in [4.78, 5) is 3.85. The van der Waals surface area contributed by atoms with Crippen molar-refractivity contribution in [1.29, 1.82) is 0 Å². The van der Waals surface area contributed by atoms with Crippen molar-refractivity contribution in [2.24, 2.45) is 5.73 Å². The highest BCUT2D eigenvalue weighted by Crippen LogP contribution is 2.14. The lowest BCUT2D eigenvalue weighted by molar-refractivity contribution is 0.616.